The highest BCUT2D eigenvalue weighted by Gasteiger charge is 2.40. The van der Waals surface area contributed by atoms with Crippen LogP contribution >= 0.6 is 0 Å². The van der Waals surface area contributed by atoms with E-state index in [9.17, 15) is 19.1 Å². The zero-order chi connectivity index (χ0) is 18.7. The van der Waals surface area contributed by atoms with E-state index in [-0.39, 0.29) is 17.8 Å². The second-order valence-electron chi connectivity index (χ2n) is 6.39. The van der Waals surface area contributed by atoms with Crippen LogP contribution in [0.4, 0.5) is 4.39 Å². The van der Waals surface area contributed by atoms with Crippen LogP contribution in [0.2, 0.25) is 0 Å². The smallest absolute Gasteiger partial charge is 0.311 e. The fourth-order valence-corrected chi connectivity index (χ4v) is 3.07. The summed E-state index contributed by atoms with van der Waals surface area (Å²) in [5.74, 6) is -1.82. The molecular weight excluding hydrogens is 341 g/mol. The van der Waals surface area contributed by atoms with E-state index in [1.54, 1.807) is 25.1 Å². The summed E-state index contributed by atoms with van der Waals surface area (Å²) in [4.78, 5) is 24.2. The molecule has 0 bridgehead atoms. The second-order valence-corrected chi connectivity index (χ2v) is 6.39. The Kier molecular flexibility index (Phi) is 5.03. The summed E-state index contributed by atoms with van der Waals surface area (Å²) in [6.07, 6.45) is 2.04. The number of halogens is 1. The van der Waals surface area contributed by atoms with Crippen LogP contribution < -0.4 is 5.32 Å². The number of amides is 1. The molecule has 1 amide bonds. The van der Waals surface area contributed by atoms with E-state index in [1.165, 1.54) is 16.9 Å². The average molecular weight is 361 g/mol. The first-order valence-corrected chi connectivity index (χ1v) is 8.33. The van der Waals surface area contributed by atoms with Gasteiger partial charge in [0.05, 0.1) is 22.9 Å². The summed E-state index contributed by atoms with van der Waals surface area (Å²) in [5, 5.41) is 16.3. The number of carboxylic acids is 1. The summed E-state index contributed by atoms with van der Waals surface area (Å²) in [7, 11) is 0. The fraction of sp³-hybridized carbons (Fsp3) is 0.389. The van der Waals surface area contributed by atoms with Crippen LogP contribution in [0.1, 0.15) is 28.9 Å². The summed E-state index contributed by atoms with van der Waals surface area (Å²) >= 11 is 0. The standard InChI is InChI=1S/C18H20FN3O4/c1-12-13(10-21-22(12)15-5-3-2-4-14(15)19)16(23)20-11-18(17(24)25)6-8-26-9-7-18/h2-5,10H,6-9,11H2,1H3,(H,20,23)(H,24,25). The van der Waals surface area contributed by atoms with Gasteiger partial charge in [-0.05, 0) is 31.9 Å². The average Bonchev–Trinajstić information content (AvgIpc) is 3.02. The number of benzene rings is 1. The Morgan fingerprint density at radius 1 is 1.35 bits per heavy atom. The Morgan fingerprint density at radius 3 is 2.69 bits per heavy atom. The van der Waals surface area contributed by atoms with Crippen molar-refractivity contribution in [2.75, 3.05) is 19.8 Å². The maximum absolute atomic E-state index is 14.0. The number of carboxylic acid groups (broad SMARTS) is 1. The van der Waals surface area contributed by atoms with Crippen LogP contribution in [0.25, 0.3) is 5.69 Å². The number of nitrogens with zero attached hydrogens (tertiary/aromatic N) is 2. The molecule has 138 valence electrons. The first-order valence-electron chi connectivity index (χ1n) is 8.33. The maximum Gasteiger partial charge on any atom is 0.311 e. The van der Waals surface area contributed by atoms with Crippen molar-refractivity contribution >= 4 is 11.9 Å². The molecular formula is C18H20FN3O4. The van der Waals surface area contributed by atoms with Gasteiger partial charge in [-0.25, -0.2) is 9.07 Å². The first kappa shape index (κ1) is 18.1. The van der Waals surface area contributed by atoms with Crippen molar-refractivity contribution in [2.24, 2.45) is 5.41 Å². The largest absolute Gasteiger partial charge is 0.481 e. The molecule has 2 heterocycles. The van der Waals surface area contributed by atoms with E-state index in [0.717, 1.165) is 0 Å². The van der Waals surface area contributed by atoms with Crippen molar-refractivity contribution < 1.29 is 23.8 Å². The monoisotopic (exact) mass is 361 g/mol. The van der Waals surface area contributed by atoms with Gasteiger partial charge in [0.25, 0.3) is 5.91 Å². The van der Waals surface area contributed by atoms with Gasteiger partial charge in [-0.15, -0.1) is 0 Å². The van der Waals surface area contributed by atoms with Gasteiger partial charge in [0.2, 0.25) is 0 Å². The number of aromatic nitrogens is 2. The van der Waals surface area contributed by atoms with Crippen LogP contribution in [0, 0.1) is 18.2 Å². The zero-order valence-corrected chi connectivity index (χ0v) is 14.4. The quantitative estimate of drug-likeness (QED) is 0.849. The van der Waals surface area contributed by atoms with Gasteiger partial charge in [-0.3, -0.25) is 9.59 Å². The second kappa shape index (κ2) is 7.25. The highest BCUT2D eigenvalue weighted by Crippen LogP contribution is 2.30. The number of para-hydroxylation sites is 1. The summed E-state index contributed by atoms with van der Waals surface area (Å²) in [6.45, 7) is 2.38. The Hall–Kier alpha value is -2.74. The molecule has 7 nitrogen and oxygen atoms in total. The molecule has 1 saturated heterocycles. The lowest BCUT2D eigenvalue weighted by molar-refractivity contribution is -0.154. The molecule has 1 aromatic carbocycles. The highest BCUT2D eigenvalue weighted by molar-refractivity contribution is 5.95. The topological polar surface area (TPSA) is 93.5 Å². The molecule has 1 aliphatic heterocycles. The Morgan fingerprint density at radius 2 is 2.04 bits per heavy atom. The van der Waals surface area contributed by atoms with Crippen molar-refractivity contribution in [1.29, 1.82) is 0 Å². The Labute approximate surface area is 149 Å². The SMILES string of the molecule is Cc1c(C(=O)NCC2(C(=O)O)CCOCC2)cnn1-c1ccccc1F. The normalized spacial score (nSPS) is 16.2. The number of nitrogens with one attached hydrogen (secondary N) is 1. The van der Waals surface area contributed by atoms with E-state index >= 15 is 0 Å². The Balaban J connectivity index is 1.77. The lowest BCUT2D eigenvalue weighted by Crippen LogP contribution is -2.46. The van der Waals surface area contributed by atoms with Crippen molar-refractivity contribution in [3.8, 4) is 5.69 Å². The number of carbonyl (C=O) groups is 2. The minimum Gasteiger partial charge on any atom is -0.481 e. The van der Waals surface area contributed by atoms with E-state index in [2.05, 4.69) is 10.4 Å². The minimum atomic E-state index is -1.02. The summed E-state index contributed by atoms with van der Waals surface area (Å²) in [5.41, 5.74) is -0.0242. The summed E-state index contributed by atoms with van der Waals surface area (Å²) < 4.78 is 20.5. The third-order valence-electron chi connectivity index (χ3n) is 4.83. The van der Waals surface area contributed by atoms with Crippen molar-refractivity contribution in [3.63, 3.8) is 0 Å². The predicted molar refractivity (Wildman–Crippen MR) is 90.7 cm³/mol. The maximum atomic E-state index is 14.0. The lowest BCUT2D eigenvalue weighted by Gasteiger charge is -2.33. The Bertz CT molecular complexity index is 828. The van der Waals surface area contributed by atoms with Gasteiger partial charge in [0.15, 0.2) is 0 Å². The third-order valence-corrected chi connectivity index (χ3v) is 4.83. The number of hydrogen-bond donors (Lipinski definition) is 2. The van der Waals surface area contributed by atoms with Gasteiger partial charge in [-0.1, -0.05) is 12.1 Å². The molecule has 0 atom stereocenters. The van der Waals surface area contributed by atoms with Gasteiger partial charge in [0.1, 0.15) is 11.5 Å². The molecule has 26 heavy (non-hydrogen) atoms. The van der Waals surface area contributed by atoms with Crippen molar-refractivity contribution in [3.05, 3.63) is 47.5 Å². The predicted octanol–water partition coefficient (Wildman–Crippen LogP) is 1.93. The van der Waals surface area contributed by atoms with E-state index < -0.39 is 23.1 Å². The van der Waals surface area contributed by atoms with Crippen molar-refractivity contribution in [1.82, 2.24) is 15.1 Å². The molecule has 1 aromatic heterocycles. The lowest BCUT2D eigenvalue weighted by atomic mass is 9.80. The van der Waals surface area contributed by atoms with E-state index in [0.29, 0.717) is 31.7 Å². The van der Waals surface area contributed by atoms with Crippen LogP contribution in [-0.2, 0) is 9.53 Å². The van der Waals surface area contributed by atoms with Gasteiger partial charge in [-0.2, -0.15) is 5.10 Å². The van der Waals surface area contributed by atoms with Crippen LogP contribution in [-0.4, -0.2) is 46.5 Å². The molecule has 0 saturated carbocycles. The zero-order valence-electron chi connectivity index (χ0n) is 14.4. The molecule has 3 rings (SSSR count). The van der Waals surface area contributed by atoms with Crippen LogP contribution in [0.15, 0.2) is 30.5 Å². The number of ether oxygens (including phenoxy) is 1. The number of rotatable bonds is 5. The van der Waals surface area contributed by atoms with Gasteiger partial charge in [0, 0.05) is 19.8 Å². The third kappa shape index (κ3) is 3.32. The van der Waals surface area contributed by atoms with Crippen molar-refractivity contribution in [2.45, 2.75) is 19.8 Å². The van der Waals surface area contributed by atoms with Crippen LogP contribution in [0.3, 0.4) is 0 Å². The van der Waals surface area contributed by atoms with Crippen LogP contribution in [0.5, 0.6) is 0 Å². The number of hydrogen-bond acceptors (Lipinski definition) is 4. The molecule has 1 aliphatic rings. The van der Waals surface area contributed by atoms with Gasteiger partial charge < -0.3 is 15.2 Å². The highest BCUT2D eigenvalue weighted by atomic mass is 19.1. The molecule has 0 unspecified atom stereocenters. The molecule has 1 fully saturated rings. The van der Waals surface area contributed by atoms with E-state index in [4.69, 9.17) is 4.74 Å². The molecule has 0 aliphatic carbocycles. The molecule has 0 spiro atoms. The number of aliphatic carboxylic acids is 1. The van der Waals surface area contributed by atoms with E-state index in [1.807, 2.05) is 0 Å². The molecule has 2 aromatic rings. The minimum absolute atomic E-state index is 0.00877. The fourth-order valence-electron chi connectivity index (χ4n) is 3.07. The van der Waals surface area contributed by atoms with Gasteiger partial charge >= 0.3 is 5.97 Å². The molecule has 2 N–H and O–H groups in total. The molecule has 8 heteroatoms. The molecule has 0 radical (unpaired) electrons. The summed E-state index contributed by atoms with van der Waals surface area (Å²) in [6, 6.07) is 6.14. The first-order chi connectivity index (χ1) is 12.4. The number of carbonyl (C=O) groups excluding carboxylic acids is 1.